The minimum absolute atomic E-state index is 0.244. The fourth-order valence-corrected chi connectivity index (χ4v) is 7.15. The Hall–Kier alpha value is -4.11. The summed E-state index contributed by atoms with van der Waals surface area (Å²) in [6, 6.07) is 47.1. The number of hydrogen-bond acceptors (Lipinski definition) is 3. The van der Waals surface area contributed by atoms with Gasteiger partial charge in [0.1, 0.15) is 5.75 Å². The van der Waals surface area contributed by atoms with E-state index >= 15 is 4.57 Å². The molecular formula is C33H31N2O2P. The van der Waals surface area contributed by atoms with Gasteiger partial charge in [-0.25, -0.2) is 0 Å². The molecule has 2 atom stereocenters. The van der Waals surface area contributed by atoms with Gasteiger partial charge in [-0.1, -0.05) is 97.1 Å². The smallest absolute Gasteiger partial charge is 0.205 e. The van der Waals surface area contributed by atoms with Crippen LogP contribution in [0.25, 0.3) is 0 Å². The summed E-state index contributed by atoms with van der Waals surface area (Å²) in [6.45, 7) is 0. The molecule has 0 amide bonds. The van der Waals surface area contributed by atoms with Crippen molar-refractivity contribution in [2.45, 2.75) is 12.1 Å². The van der Waals surface area contributed by atoms with Gasteiger partial charge in [0, 0.05) is 16.3 Å². The minimum Gasteiger partial charge on any atom is -0.497 e. The van der Waals surface area contributed by atoms with E-state index in [1.54, 1.807) is 7.11 Å². The van der Waals surface area contributed by atoms with E-state index in [2.05, 4.69) is 28.6 Å². The van der Waals surface area contributed by atoms with Gasteiger partial charge in [-0.3, -0.25) is 9.65 Å². The molecule has 0 aliphatic carbocycles. The summed E-state index contributed by atoms with van der Waals surface area (Å²) in [4.78, 5) is 0. The van der Waals surface area contributed by atoms with Crippen molar-refractivity contribution in [2.24, 2.45) is 0 Å². The predicted octanol–water partition coefficient (Wildman–Crippen LogP) is 7.11. The largest absolute Gasteiger partial charge is 0.497 e. The number of benzene rings is 5. The van der Waals surface area contributed by atoms with Gasteiger partial charge in [0.2, 0.25) is 7.29 Å². The van der Waals surface area contributed by atoms with Crippen molar-refractivity contribution >= 4 is 23.6 Å². The molecule has 38 heavy (non-hydrogen) atoms. The topological polar surface area (TPSA) is 50.4 Å². The molecule has 5 aromatic carbocycles. The van der Waals surface area contributed by atoms with E-state index in [-0.39, 0.29) is 12.1 Å². The Morgan fingerprint density at radius 2 is 1.08 bits per heavy atom. The van der Waals surface area contributed by atoms with Crippen LogP contribution in [0.3, 0.4) is 0 Å². The molecular weight excluding hydrogens is 487 g/mol. The van der Waals surface area contributed by atoms with Crippen LogP contribution in [0.4, 0.5) is 5.69 Å². The second kappa shape index (κ2) is 12.0. The van der Waals surface area contributed by atoms with Gasteiger partial charge in [-0.2, -0.15) is 0 Å². The van der Waals surface area contributed by atoms with E-state index < -0.39 is 7.29 Å². The molecule has 0 spiro atoms. The van der Waals surface area contributed by atoms with Gasteiger partial charge in [0.05, 0.1) is 19.2 Å². The van der Waals surface area contributed by atoms with Gasteiger partial charge < -0.3 is 10.1 Å². The molecule has 190 valence electrons. The van der Waals surface area contributed by atoms with Crippen LogP contribution in [0, 0.1) is 0 Å². The van der Waals surface area contributed by atoms with Crippen molar-refractivity contribution in [3.05, 3.63) is 157 Å². The maximum atomic E-state index is 15.2. The Morgan fingerprint density at radius 3 is 1.63 bits per heavy atom. The Labute approximate surface area is 224 Å². The van der Waals surface area contributed by atoms with Gasteiger partial charge in [0.25, 0.3) is 0 Å². The lowest BCUT2D eigenvalue weighted by Gasteiger charge is -2.34. The highest BCUT2D eigenvalue weighted by atomic mass is 31.2. The van der Waals surface area contributed by atoms with Crippen LogP contribution in [-0.2, 0) is 4.57 Å². The second-order valence-corrected chi connectivity index (χ2v) is 11.6. The minimum atomic E-state index is -3.28. The molecule has 0 saturated heterocycles. The van der Waals surface area contributed by atoms with E-state index in [0.717, 1.165) is 33.2 Å². The normalized spacial score (nSPS) is 12.9. The van der Waals surface area contributed by atoms with Crippen LogP contribution in [0.1, 0.15) is 23.2 Å². The van der Waals surface area contributed by atoms with Crippen LogP contribution >= 0.6 is 7.29 Å². The number of rotatable bonds is 10. The summed E-state index contributed by atoms with van der Waals surface area (Å²) in [5.74, 6) is 0.745. The highest BCUT2D eigenvalue weighted by Gasteiger charge is 2.35. The summed E-state index contributed by atoms with van der Waals surface area (Å²) in [6.07, 6.45) is 0. The lowest BCUT2D eigenvalue weighted by molar-refractivity contribution is 0.413. The first kappa shape index (κ1) is 25.5. The number of nitrogens with one attached hydrogen (secondary N) is 2. The van der Waals surface area contributed by atoms with E-state index in [1.165, 1.54) is 0 Å². The molecule has 5 rings (SSSR count). The van der Waals surface area contributed by atoms with Crippen molar-refractivity contribution in [1.29, 1.82) is 0 Å². The molecule has 5 heteroatoms. The van der Waals surface area contributed by atoms with E-state index in [4.69, 9.17) is 4.74 Å². The maximum Gasteiger partial charge on any atom is 0.205 e. The zero-order chi connectivity index (χ0) is 26.2. The van der Waals surface area contributed by atoms with Gasteiger partial charge in [-0.15, -0.1) is 0 Å². The number of hydrogen-bond donors (Lipinski definition) is 2. The first-order valence-corrected chi connectivity index (χ1v) is 14.4. The van der Waals surface area contributed by atoms with Crippen LogP contribution in [0.2, 0.25) is 0 Å². The Bertz CT molecular complexity index is 1440. The summed E-state index contributed by atoms with van der Waals surface area (Å²) < 4.78 is 20.8. The van der Waals surface area contributed by atoms with Gasteiger partial charge in [-0.05, 0) is 59.7 Å². The molecule has 0 saturated carbocycles. The molecule has 0 aliphatic heterocycles. The quantitative estimate of drug-likeness (QED) is 0.194. The molecule has 2 unspecified atom stereocenters. The average molecular weight is 519 g/mol. The standard InChI is InChI=1S/C33H31N2O2P/c1-37-29-20-14-17-27(25-29)33(32(26-15-6-2-7-16-26)34-28-18-8-3-9-19-28)35-38(36,30-21-10-4-11-22-30)31-23-12-5-13-24-31/h2-25,32-34H,1H3,(H,35,36). The van der Waals surface area contributed by atoms with Crippen LogP contribution in [0.15, 0.2) is 146 Å². The number of methoxy groups -OCH3 is 1. The fourth-order valence-electron chi connectivity index (χ4n) is 4.68. The van der Waals surface area contributed by atoms with Gasteiger partial charge >= 0.3 is 0 Å². The van der Waals surface area contributed by atoms with E-state index in [9.17, 15) is 0 Å². The Morgan fingerprint density at radius 1 is 0.579 bits per heavy atom. The molecule has 2 N–H and O–H groups in total. The first-order valence-electron chi connectivity index (χ1n) is 12.7. The van der Waals surface area contributed by atoms with Gasteiger partial charge in [0.15, 0.2) is 0 Å². The lowest BCUT2D eigenvalue weighted by atomic mass is 9.93. The summed E-state index contributed by atoms with van der Waals surface area (Å²) in [7, 11) is -1.62. The van der Waals surface area contributed by atoms with Crippen molar-refractivity contribution in [3.8, 4) is 5.75 Å². The third kappa shape index (κ3) is 5.73. The van der Waals surface area contributed by atoms with E-state index in [0.29, 0.717) is 0 Å². The summed E-state index contributed by atoms with van der Waals surface area (Å²) in [5.41, 5.74) is 3.02. The molecule has 0 aliphatic rings. The monoisotopic (exact) mass is 518 g/mol. The third-order valence-corrected chi connectivity index (χ3v) is 9.29. The first-order chi connectivity index (χ1) is 18.7. The Balaban J connectivity index is 1.69. The van der Waals surface area contributed by atoms with Crippen LogP contribution < -0.4 is 25.8 Å². The molecule has 0 radical (unpaired) electrons. The van der Waals surface area contributed by atoms with Crippen LogP contribution in [-0.4, -0.2) is 7.11 Å². The molecule has 4 nitrogen and oxygen atoms in total. The summed E-state index contributed by atoms with van der Waals surface area (Å²) in [5, 5.41) is 8.93. The Kier molecular flexibility index (Phi) is 8.04. The molecule has 0 bridgehead atoms. The highest BCUT2D eigenvalue weighted by Crippen LogP contribution is 2.46. The zero-order valence-electron chi connectivity index (χ0n) is 21.3. The van der Waals surface area contributed by atoms with E-state index in [1.807, 2.05) is 127 Å². The predicted molar refractivity (Wildman–Crippen MR) is 158 cm³/mol. The number of para-hydroxylation sites is 1. The molecule has 0 heterocycles. The maximum absolute atomic E-state index is 15.2. The van der Waals surface area contributed by atoms with Crippen LogP contribution in [0.5, 0.6) is 5.75 Å². The van der Waals surface area contributed by atoms with Crippen molar-refractivity contribution in [2.75, 3.05) is 12.4 Å². The van der Waals surface area contributed by atoms with Crippen molar-refractivity contribution in [3.63, 3.8) is 0 Å². The fraction of sp³-hybridized carbons (Fsp3) is 0.0909. The number of ether oxygens (including phenoxy) is 1. The summed E-state index contributed by atoms with van der Waals surface area (Å²) >= 11 is 0. The molecule has 0 aromatic heterocycles. The third-order valence-electron chi connectivity index (χ3n) is 6.60. The molecule has 5 aromatic rings. The lowest BCUT2D eigenvalue weighted by Crippen LogP contribution is -2.35. The number of anilines is 1. The average Bonchev–Trinajstić information content (AvgIpc) is 3.00. The van der Waals surface area contributed by atoms with Crippen molar-refractivity contribution < 1.29 is 9.30 Å². The SMILES string of the molecule is COc1cccc(C(NP(=O)(c2ccccc2)c2ccccc2)C(Nc2ccccc2)c2ccccc2)c1. The molecule has 0 fully saturated rings. The zero-order valence-corrected chi connectivity index (χ0v) is 22.2. The second-order valence-electron chi connectivity index (χ2n) is 9.06. The highest BCUT2D eigenvalue weighted by molar-refractivity contribution is 7.76. The van der Waals surface area contributed by atoms with Crippen molar-refractivity contribution in [1.82, 2.24) is 5.09 Å².